The lowest BCUT2D eigenvalue weighted by Crippen LogP contribution is -2.36. The predicted molar refractivity (Wildman–Crippen MR) is 120 cm³/mol. The van der Waals surface area contributed by atoms with Crippen molar-refractivity contribution in [3.05, 3.63) is 60.7 Å². The molecule has 2 aliphatic rings. The maximum absolute atomic E-state index is 13.2. The minimum absolute atomic E-state index is 0.0187. The van der Waals surface area contributed by atoms with Gasteiger partial charge in [0, 0.05) is 26.3 Å². The first-order valence-corrected chi connectivity index (χ1v) is 11.1. The summed E-state index contributed by atoms with van der Waals surface area (Å²) in [6.45, 7) is 1.38. The highest BCUT2D eigenvalue weighted by Gasteiger charge is 2.44. The number of aryl methyl sites for hydroxylation is 1. The number of aromatic nitrogens is 5. The van der Waals surface area contributed by atoms with Crippen LogP contribution in [-0.4, -0.2) is 59.4 Å². The third-order valence-corrected chi connectivity index (χ3v) is 7.25. The Morgan fingerprint density at radius 3 is 2.75 bits per heavy atom. The molecule has 4 aromatic rings. The number of fused-ring (bicyclic) bond motifs is 2. The molecule has 8 heteroatoms. The van der Waals surface area contributed by atoms with E-state index in [2.05, 4.69) is 19.7 Å². The van der Waals surface area contributed by atoms with Gasteiger partial charge in [0.1, 0.15) is 11.4 Å². The number of likely N-dealkylation sites (tertiary alicyclic amines) is 1. The van der Waals surface area contributed by atoms with Crippen molar-refractivity contribution < 1.29 is 9.90 Å². The van der Waals surface area contributed by atoms with Gasteiger partial charge in [-0.05, 0) is 55.0 Å². The second kappa shape index (κ2) is 7.34. The lowest BCUT2D eigenvalue weighted by molar-refractivity contribution is 0.0374. The molecule has 0 radical (unpaired) electrons. The van der Waals surface area contributed by atoms with Gasteiger partial charge in [0.15, 0.2) is 0 Å². The van der Waals surface area contributed by atoms with Crippen LogP contribution in [0.4, 0.5) is 0 Å². The van der Waals surface area contributed by atoms with E-state index in [0.717, 1.165) is 28.8 Å². The normalized spacial score (nSPS) is 25.4. The number of aliphatic hydroxyl groups excluding tert-OH is 1. The SMILES string of the molecule is Cn1cccc1-c1cc(C(=O)N2C[C@H]3C[C@@H](n4cnc5ccccc54)[C@H](O)C[C@H]3C2)[nH]n1. The summed E-state index contributed by atoms with van der Waals surface area (Å²) in [6, 6.07) is 13.8. The van der Waals surface area contributed by atoms with Crippen LogP contribution >= 0.6 is 0 Å². The van der Waals surface area contributed by atoms with E-state index in [4.69, 9.17) is 0 Å². The number of rotatable bonds is 3. The molecule has 164 valence electrons. The molecule has 4 heterocycles. The number of benzene rings is 1. The number of para-hydroxylation sites is 2. The fourth-order valence-corrected chi connectivity index (χ4v) is 5.57. The average molecular weight is 431 g/mol. The fraction of sp³-hybridized carbons (Fsp3) is 0.375. The van der Waals surface area contributed by atoms with Gasteiger partial charge in [0.05, 0.1) is 35.2 Å². The van der Waals surface area contributed by atoms with Crippen molar-refractivity contribution in [2.24, 2.45) is 18.9 Å². The maximum Gasteiger partial charge on any atom is 0.271 e. The summed E-state index contributed by atoms with van der Waals surface area (Å²) in [5, 5.41) is 18.2. The molecule has 0 spiro atoms. The Balaban J connectivity index is 1.20. The first-order valence-electron chi connectivity index (χ1n) is 11.1. The molecule has 1 saturated carbocycles. The number of carbonyl (C=O) groups is 1. The molecule has 6 rings (SSSR count). The molecule has 1 aliphatic carbocycles. The molecule has 1 aromatic carbocycles. The van der Waals surface area contributed by atoms with Crippen LogP contribution < -0.4 is 0 Å². The predicted octanol–water partition coefficient (Wildman–Crippen LogP) is 2.85. The number of H-pyrrole nitrogens is 1. The van der Waals surface area contributed by atoms with Crippen molar-refractivity contribution in [3.8, 4) is 11.4 Å². The van der Waals surface area contributed by atoms with E-state index < -0.39 is 6.10 Å². The van der Waals surface area contributed by atoms with Crippen LogP contribution in [0.2, 0.25) is 0 Å². The smallest absolute Gasteiger partial charge is 0.271 e. The van der Waals surface area contributed by atoms with Gasteiger partial charge in [-0.3, -0.25) is 9.89 Å². The third kappa shape index (κ3) is 3.05. The van der Waals surface area contributed by atoms with Crippen LogP contribution in [0, 0.1) is 11.8 Å². The van der Waals surface area contributed by atoms with Gasteiger partial charge in [-0.25, -0.2) is 4.98 Å². The zero-order valence-corrected chi connectivity index (χ0v) is 17.9. The van der Waals surface area contributed by atoms with Crippen LogP contribution in [0.5, 0.6) is 0 Å². The minimum Gasteiger partial charge on any atom is -0.391 e. The molecule has 1 saturated heterocycles. The lowest BCUT2D eigenvalue weighted by atomic mass is 9.77. The monoisotopic (exact) mass is 430 g/mol. The number of nitrogens with zero attached hydrogens (tertiary/aromatic N) is 5. The largest absolute Gasteiger partial charge is 0.391 e. The minimum atomic E-state index is -0.444. The molecule has 2 fully saturated rings. The number of amides is 1. The molecule has 8 nitrogen and oxygen atoms in total. The highest BCUT2D eigenvalue weighted by Crippen LogP contribution is 2.42. The summed E-state index contributed by atoms with van der Waals surface area (Å²) in [7, 11) is 1.96. The number of hydrogen-bond acceptors (Lipinski definition) is 4. The van der Waals surface area contributed by atoms with E-state index >= 15 is 0 Å². The lowest BCUT2D eigenvalue weighted by Gasteiger charge is -2.36. The highest BCUT2D eigenvalue weighted by atomic mass is 16.3. The van der Waals surface area contributed by atoms with Crippen molar-refractivity contribution in [2.45, 2.75) is 25.0 Å². The number of hydrogen-bond donors (Lipinski definition) is 2. The first-order chi connectivity index (χ1) is 15.6. The van der Waals surface area contributed by atoms with Gasteiger partial charge in [-0.15, -0.1) is 0 Å². The topological polar surface area (TPSA) is 92.0 Å². The Kier molecular flexibility index (Phi) is 4.43. The second-order valence-corrected chi connectivity index (χ2v) is 9.15. The van der Waals surface area contributed by atoms with E-state index in [0.29, 0.717) is 37.0 Å². The first kappa shape index (κ1) is 19.3. The second-order valence-electron chi connectivity index (χ2n) is 9.15. The summed E-state index contributed by atoms with van der Waals surface area (Å²) >= 11 is 0. The summed E-state index contributed by atoms with van der Waals surface area (Å²) in [4.78, 5) is 19.6. The number of aliphatic hydroxyl groups is 1. The van der Waals surface area contributed by atoms with E-state index in [9.17, 15) is 9.90 Å². The van der Waals surface area contributed by atoms with Gasteiger partial charge in [0.25, 0.3) is 5.91 Å². The number of aromatic amines is 1. The van der Waals surface area contributed by atoms with Gasteiger partial charge in [-0.2, -0.15) is 5.10 Å². The molecule has 4 atom stereocenters. The van der Waals surface area contributed by atoms with Gasteiger partial charge < -0.3 is 19.1 Å². The molecular formula is C24H26N6O2. The van der Waals surface area contributed by atoms with Gasteiger partial charge in [0.2, 0.25) is 0 Å². The fourth-order valence-electron chi connectivity index (χ4n) is 5.57. The van der Waals surface area contributed by atoms with E-state index in [1.807, 2.05) is 71.5 Å². The molecule has 3 aromatic heterocycles. The maximum atomic E-state index is 13.2. The van der Waals surface area contributed by atoms with Crippen LogP contribution in [0.3, 0.4) is 0 Å². The Hall–Kier alpha value is -3.39. The molecule has 1 amide bonds. The zero-order valence-electron chi connectivity index (χ0n) is 17.9. The highest BCUT2D eigenvalue weighted by molar-refractivity contribution is 5.93. The summed E-state index contributed by atoms with van der Waals surface area (Å²) < 4.78 is 4.10. The number of carbonyl (C=O) groups excluding carboxylic acids is 1. The van der Waals surface area contributed by atoms with Crippen molar-refractivity contribution in [1.82, 2.24) is 29.2 Å². The molecule has 1 aliphatic heterocycles. The molecule has 32 heavy (non-hydrogen) atoms. The van der Waals surface area contributed by atoms with Crippen LogP contribution in [0.15, 0.2) is 55.0 Å². The summed E-state index contributed by atoms with van der Waals surface area (Å²) in [6.07, 6.45) is 4.89. The Morgan fingerprint density at radius 1 is 1.12 bits per heavy atom. The molecule has 0 unspecified atom stereocenters. The van der Waals surface area contributed by atoms with Gasteiger partial charge in [-0.1, -0.05) is 12.1 Å². The van der Waals surface area contributed by atoms with Crippen molar-refractivity contribution in [3.63, 3.8) is 0 Å². The van der Waals surface area contributed by atoms with E-state index in [1.165, 1.54) is 0 Å². The van der Waals surface area contributed by atoms with Crippen LogP contribution in [0.25, 0.3) is 22.4 Å². The average Bonchev–Trinajstić information content (AvgIpc) is 3.57. The van der Waals surface area contributed by atoms with E-state index in [-0.39, 0.29) is 11.9 Å². The number of imidazole rings is 1. The van der Waals surface area contributed by atoms with Crippen LogP contribution in [-0.2, 0) is 7.05 Å². The Labute approximate surface area is 185 Å². The Morgan fingerprint density at radius 2 is 1.94 bits per heavy atom. The molecular weight excluding hydrogens is 404 g/mol. The van der Waals surface area contributed by atoms with Crippen molar-refractivity contribution in [1.29, 1.82) is 0 Å². The quantitative estimate of drug-likeness (QED) is 0.523. The third-order valence-electron chi connectivity index (χ3n) is 7.25. The number of nitrogens with one attached hydrogen (secondary N) is 1. The van der Waals surface area contributed by atoms with E-state index in [1.54, 1.807) is 0 Å². The summed E-state index contributed by atoms with van der Waals surface area (Å²) in [5.41, 5.74) is 4.23. The van der Waals surface area contributed by atoms with Crippen molar-refractivity contribution in [2.75, 3.05) is 13.1 Å². The molecule has 2 N–H and O–H groups in total. The van der Waals surface area contributed by atoms with Crippen molar-refractivity contribution >= 4 is 16.9 Å². The Bertz CT molecular complexity index is 1290. The van der Waals surface area contributed by atoms with Crippen LogP contribution in [0.1, 0.15) is 29.4 Å². The standard InChI is InChI=1S/C24H26N6O2/c1-28-8-4-7-20(28)18-11-19(27-26-18)24(32)29-12-15-9-22(23(31)10-16(15)13-29)30-14-25-17-5-2-3-6-21(17)30/h2-8,11,14-16,22-23,31H,9-10,12-13H2,1H3,(H,26,27)/t15-,16+,22-,23-/m1/s1. The van der Waals surface area contributed by atoms with Gasteiger partial charge >= 0.3 is 0 Å². The summed E-state index contributed by atoms with van der Waals surface area (Å²) in [5.74, 6) is 0.658. The zero-order chi connectivity index (χ0) is 21.8. The molecule has 0 bridgehead atoms.